The van der Waals surface area contributed by atoms with Gasteiger partial charge in [-0.1, -0.05) is 41.6 Å². The van der Waals surface area contributed by atoms with Crippen molar-refractivity contribution < 1.29 is 9.32 Å². The summed E-state index contributed by atoms with van der Waals surface area (Å²) in [4.78, 5) is 18.5. The fraction of sp³-hybridized carbons (Fsp3) is 0.280. The van der Waals surface area contributed by atoms with E-state index in [1.165, 1.54) is 10.9 Å². The van der Waals surface area contributed by atoms with Crippen LogP contribution in [0.3, 0.4) is 0 Å². The fourth-order valence-corrected chi connectivity index (χ4v) is 4.70. The number of amides is 1. The van der Waals surface area contributed by atoms with Crippen LogP contribution in [-0.4, -0.2) is 41.1 Å². The summed E-state index contributed by atoms with van der Waals surface area (Å²) >= 11 is 0. The van der Waals surface area contributed by atoms with Crippen LogP contribution in [0.5, 0.6) is 0 Å². The predicted molar refractivity (Wildman–Crippen MR) is 120 cm³/mol. The van der Waals surface area contributed by atoms with Crippen molar-refractivity contribution in [2.45, 2.75) is 19.4 Å². The Morgan fingerprint density at radius 2 is 2.06 bits per heavy atom. The molecule has 2 aromatic heterocycles. The first kappa shape index (κ1) is 19.6. The van der Waals surface area contributed by atoms with Gasteiger partial charge in [-0.25, -0.2) is 0 Å². The maximum absolute atomic E-state index is 13.0. The average Bonchev–Trinajstić information content (AvgIpc) is 3.54. The largest absolute Gasteiger partial charge is 0.361 e. The Balaban J connectivity index is 1.33. The number of benzene rings is 2. The number of hydrogen-bond acceptors (Lipinski definition) is 4. The molecule has 0 bridgehead atoms. The highest BCUT2D eigenvalue weighted by molar-refractivity contribution is 5.83. The first-order chi connectivity index (χ1) is 15.1. The molecular weight excluding hydrogens is 388 g/mol. The fourth-order valence-electron chi connectivity index (χ4n) is 4.70. The van der Waals surface area contributed by atoms with Crippen LogP contribution in [0.2, 0.25) is 0 Å². The topological polar surface area (TPSA) is 74.2 Å². The number of likely N-dealkylation sites (tertiary alicyclic amines) is 1. The molecule has 158 valence electrons. The van der Waals surface area contributed by atoms with Gasteiger partial charge in [0.05, 0.1) is 5.41 Å². The minimum Gasteiger partial charge on any atom is -0.361 e. The Morgan fingerprint density at radius 3 is 2.90 bits per heavy atom. The quantitative estimate of drug-likeness (QED) is 0.500. The highest BCUT2D eigenvalue weighted by Gasteiger charge is 2.45. The van der Waals surface area contributed by atoms with Gasteiger partial charge in [0.2, 0.25) is 5.91 Å². The van der Waals surface area contributed by atoms with Crippen molar-refractivity contribution in [2.75, 3.05) is 20.1 Å². The van der Waals surface area contributed by atoms with E-state index in [4.69, 9.17) is 4.52 Å². The van der Waals surface area contributed by atoms with Crippen LogP contribution >= 0.6 is 0 Å². The van der Waals surface area contributed by atoms with Gasteiger partial charge in [-0.05, 0) is 42.1 Å². The van der Waals surface area contributed by atoms with Crippen LogP contribution in [0.15, 0.2) is 71.4 Å². The summed E-state index contributed by atoms with van der Waals surface area (Å²) in [5, 5.41) is 8.32. The van der Waals surface area contributed by atoms with Gasteiger partial charge in [-0.2, -0.15) is 0 Å². The Labute approximate surface area is 181 Å². The molecule has 5 rings (SSSR count). The number of carbonyl (C=O) groups is 1. The van der Waals surface area contributed by atoms with Crippen molar-refractivity contribution >= 4 is 16.8 Å². The van der Waals surface area contributed by atoms with Crippen LogP contribution in [0.25, 0.3) is 22.2 Å². The molecular formula is C25H26N4O2. The zero-order chi connectivity index (χ0) is 21.3. The summed E-state index contributed by atoms with van der Waals surface area (Å²) in [5.41, 5.74) is 3.70. The van der Waals surface area contributed by atoms with E-state index < -0.39 is 5.41 Å². The zero-order valence-corrected chi connectivity index (χ0v) is 17.6. The number of carbonyl (C=O) groups excluding carboxylic acids is 1. The lowest BCUT2D eigenvalue weighted by atomic mass is 9.81. The van der Waals surface area contributed by atoms with E-state index in [2.05, 4.69) is 44.6 Å². The second-order valence-corrected chi connectivity index (χ2v) is 8.44. The Morgan fingerprint density at radius 1 is 1.19 bits per heavy atom. The molecule has 0 spiro atoms. The van der Waals surface area contributed by atoms with Crippen LogP contribution in [-0.2, 0) is 17.8 Å². The summed E-state index contributed by atoms with van der Waals surface area (Å²) in [7, 11) is 1.71. The normalized spacial score (nSPS) is 19.1. The monoisotopic (exact) mass is 414 g/mol. The average molecular weight is 415 g/mol. The number of aromatic amines is 1. The molecule has 4 aromatic rings. The lowest BCUT2D eigenvalue weighted by Gasteiger charge is -2.26. The Hall–Kier alpha value is -3.38. The van der Waals surface area contributed by atoms with Gasteiger partial charge in [-0.3, -0.25) is 9.69 Å². The SMILES string of the molecule is CNC(=O)[C@]1(Cc2cc(-c3ccccc3)no2)CCN(Cc2ccc3[nH]ccc3c2)C1. The van der Waals surface area contributed by atoms with Crippen LogP contribution in [0.1, 0.15) is 17.7 Å². The first-order valence-electron chi connectivity index (χ1n) is 10.7. The third kappa shape index (κ3) is 3.86. The lowest BCUT2D eigenvalue weighted by Crippen LogP contribution is -2.43. The molecule has 1 atom stereocenters. The minimum atomic E-state index is -0.513. The molecule has 2 N–H and O–H groups in total. The van der Waals surface area contributed by atoms with E-state index in [9.17, 15) is 4.79 Å². The van der Waals surface area contributed by atoms with Gasteiger partial charge in [0.15, 0.2) is 0 Å². The molecule has 1 fully saturated rings. The van der Waals surface area contributed by atoms with Crippen LogP contribution in [0, 0.1) is 5.41 Å². The summed E-state index contributed by atoms with van der Waals surface area (Å²) in [6, 6.07) is 20.5. The molecule has 1 aliphatic rings. The van der Waals surface area contributed by atoms with Crippen molar-refractivity contribution in [3.05, 3.63) is 78.2 Å². The molecule has 3 heterocycles. The van der Waals surface area contributed by atoms with Gasteiger partial charge < -0.3 is 14.8 Å². The van der Waals surface area contributed by atoms with E-state index in [1.54, 1.807) is 7.05 Å². The molecule has 6 nitrogen and oxygen atoms in total. The number of fused-ring (bicyclic) bond motifs is 1. The van der Waals surface area contributed by atoms with E-state index in [-0.39, 0.29) is 5.91 Å². The molecule has 6 heteroatoms. The molecule has 1 amide bonds. The number of nitrogens with zero attached hydrogens (tertiary/aromatic N) is 2. The minimum absolute atomic E-state index is 0.0637. The molecule has 0 saturated carbocycles. The van der Waals surface area contributed by atoms with E-state index in [0.717, 1.165) is 42.0 Å². The molecule has 1 aliphatic heterocycles. The Bertz CT molecular complexity index is 1200. The van der Waals surface area contributed by atoms with Gasteiger partial charge in [0.1, 0.15) is 11.5 Å². The third-order valence-corrected chi connectivity index (χ3v) is 6.31. The van der Waals surface area contributed by atoms with Gasteiger partial charge in [0, 0.05) is 49.9 Å². The zero-order valence-electron chi connectivity index (χ0n) is 17.6. The van der Waals surface area contributed by atoms with Gasteiger partial charge >= 0.3 is 0 Å². The molecule has 0 radical (unpaired) electrons. The van der Waals surface area contributed by atoms with Gasteiger partial charge in [0.25, 0.3) is 0 Å². The smallest absolute Gasteiger partial charge is 0.227 e. The highest BCUT2D eigenvalue weighted by atomic mass is 16.5. The van der Waals surface area contributed by atoms with Gasteiger partial charge in [-0.15, -0.1) is 0 Å². The van der Waals surface area contributed by atoms with Crippen molar-refractivity contribution in [1.82, 2.24) is 20.4 Å². The summed E-state index contributed by atoms with van der Waals surface area (Å²) < 4.78 is 5.64. The number of rotatable bonds is 6. The molecule has 0 aliphatic carbocycles. The summed E-state index contributed by atoms with van der Waals surface area (Å²) in [5.74, 6) is 0.812. The first-order valence-corrected chi connectivity index (χ1v) is 10.7. The molecule has 2 aromatic carbocycles. The second-order valence-electron chi connectivity index (χ2n) is 8.44. The number of hydrogen-bond donors (Lipinski definition) is 2. The van der Waals surface area contributed by atoms with Crippen LogP contribution in [0.4, 0.5) is 0 Å². The van der Waals surface area contributed by atoms with E-state index in [1.807, 2.05) is 42.6 Å². The highest BCUT2D eigenvalue weighted by Crippen LogP contribution is 2.36. The molecule has 0 unspecified atom stereocenters. The number of nitrogens with one attached hydrogen (secondary N) is 2. The summed E-state index contributed by atoms with van der Waals surface area (Å²) in [6.45, 7) is 2.39. The van der Waals surface area contributed by atoms with Crippen molar-refractivity contribution in [3.63, 3.8) is 0 Å². The molecule has 1 saturated heterocycles. The number of H-pyrrole nitrogens is 1. The van der Waals surface area contributed by atoms with Crippen molar-refractivity contribution in [2.24, 2.45) is 5.41 Å². The predicted octanol–water partition coefficient (Wildman–Crippen LogP) is 4.00. The van der Waals surface area contributed by atoms with Crippen molar-refractivity contribution in [1.29, 1.82) is 0 Å². The maximum Gasteiger partial charge on any atom is 0.227 e. The lowest BCUT2D eigenvalue weighted by molar-refractivity contribution is -0.130. The van der Waals surface area contributed by atoms with E-state index in [0.29, 0.717) is 13.0 Å². The van der Waals surface area contributed by atoms with E-state index >= 15 is 0 Å². The maximum atomic E-state index is 13.0. The third-order valence-electron chi connectivity index (χ3n) is 6.31. The van der Waals surface area contributed by atoms with Crippen LogP contribution < -0.4 is 5.32 Å². The second kappa shape index (κ2) is 8.04. The standard InChI is InChI=1S/C25H26N4O2/c1-26-24(30)25(15-21-14-23(28-31-21)19-5-3-2-4-6-19)10-12-29(17-25)16-18-7-8-22-20(13-18)9-11-27-22/h2-9,11,13-14,27H,10,12,15-17H2,1H3,(H,26,30)/t25-/m0/s1. The van der Waals surface area contributed by atoms with Crippen molar-refractivity contribution in [3.8, 4) is 11.3 Å². The Kier molecular flexibility index (Phi) is 5.08. The summed E-state index contributed by atoms with van der Waals surface area (Å²) in [6.07, 6.45) is 3.29. The molecule has 31 heavy (non-hydrogen) atoms. The number of aromatic nitrogens is 2.